The fraction of sp³-hybridized carbons (Fsp3) is 0.538. The molecule has 1 heterocycles. The molecule has 0 bridgehead atoms. The van der Waals surface area contributed by atoms with Gasteiger partial charge in [-0.2, -0.15) is 0 Å². The number of hydrogen-bond acceptors (Lipinski definition) is 2. The third-order valence-corrected chi connectivity index (χ3v) is 3.68. The molecule has 1 aromatic rings. The maximum atomic E-state index is 6.11. The summed E-state index contributed by atoms with van der Waals surface area (Å²) >= 11 is 9.57. The first-order chi connectivity index (χ1) is 8.20. The number of nitrogens with one attached hydrogen (secondary N) is 1. The molecule has 17 heavy (non-hydrogen) atoms. The summed E-state index contributed by atoms with van der Waals surface area (Å²) in [6, 6.07) is 4.50. The van der Waals surface area contributed by atoms with Gasteiger partial charge in [-0.1, -0.05) is 27.5 Å². The first kappa shape index (κ1) is 13.2. The third kappa shape index (κ3) is 3.36. The summed E-state index contributed by atoms with van der Waals surface area (Å²) < 4.78 is 5.67. The van der Waals surface area contributed by atoms with Crippen LogP contribution in [0.5, 0.6) is 5.75 Å². The Morgan fingerprint density at radius 3 is 3.12 bits per heavy atom. The molecule has 0 fully saturated rings. The minimum Gasteiger partial charge on any atom is -0.493 e. The molecule has 4 heteroatoms. The zero-order valence-corrected chi connectivity index (χ0v) is 12.3. The van der Waals surface area contributed by atoms with Crippen LogP contribution < -0.4 is 10.1 Å². The maximum absolute atomic E-state index is 6.11. The van der Waals surface area contributed by atoms with Gasteiger partial charge in [0.25, 0.3) is 0 Å². The van der Waals surface area contributed by atoms with Gasteiger partial charge >= 0.3 is 0 Å². The van der Waals surface area contributed by atoms with Gasteiger partial charge in [0.2, 0.25) is 0 Å². The minimum atomic E-state index is 0.491. The lowest BCUT2D eigenvalue weighted by molar-refractivity contribution is 0.351. The molecule has 1 aliphatic rings. The van der Waals surface area contributed by atoms with Crippen LogP contribution in [0.4, 0.5) is 0 Å². The fourth-order valence-corrected chi connectivity index (χ4v) is 2.98. The molecule has 0 radical (unpaired) electrons. The van der Waals surface area contributed by atoms with Crippen molar-refractivity contribution in [2.45, 2.75) is 32.4 Å². The highest BCUT2D eigenvalue weighted by molar-refractivity contribution is 9.09. The quantitative estimate of drug-likeness (QED) is 0.839. The summed E-state index contributed by atoms with van der Waals surface area (Å²) in [4.78, 5) is 0. The second-order valence-electron chi connectivity index (χ2n) is 4.41. The van der Waals surface area contributed by atoms with Crippen molar-refractivity contribution in [3.05, 3.63) is 28.3 Å². The van der Waals surface area contributed by atoms with Crippen LogP contribution in [0.3, 0.4) is 0 Å². The van der Waals surface area contributed by atoms with Gasteiger partial charge in [0.05, 0.1) is 6.61 Å². The monoisotopic (exact) mass is 317 g/mol. The maximum Gasteiger partial charge on any atom is 0.127 e. The molecule has 0 saturated carbocycles. The number of halogens is 2. The Hall–Kier alpha value is -0.250. The average molecular weight is 319 g/mol. The van der Waals surface area contributed by atoms with Crippen LogP contribution in [0.2, 0.25) is 5.02 Å². The van der Waals surface area contributed by atoms with Crippen LogP contribution in [0.25, 0.3) is 0 Å². The number of alkyl halides is 1. The number of fused-ring (bicyclic) bond motifs is 1. The molecule has 1 aliphatic heterocycles. The standard InChI is InChI=1S/C13H17BrClNO/c1-9(2-4-14)16-8-11-7-12(15)6-10-3-5-17-13(10)11/h6-7,9,16H,2-5,8H2,1H3. The van der Waals surface area contributed by atoms with Gasteiger partial charge in [0.15, 0.2) is 0 Å². The van der Waals surface area contributed by atoms with Gasteiger partial charge in [-0.3, -0.25) is 0 Å². The predicted molar refractivity (Wildman–Crippen MR) is 75.4 cm³/mol. The van der Waals surface area contributed by atoms with E-state index in [2.05, 4.69) is 28.2 Å². The molecule has 1 aromatic carbocycles. The highest BCUT2D eigenvalue weighted by atomic mass is 79.9. The molecule has 0 spiro atoms. The van der Waals surface area contributed by atoms with Gasteiger partial charge in [-0.05, 0) is 31.0 Å². The molecule has 0 saturated heterocycles. The Morgan fingerprint density at radius 2 is 2.35 bits per heavy atom. The van der Waals surface area contributed by atoms with Crippen LogP contribution in [0.15, 0.2) is 12.1 Å². The van der Waals surface area contributed by atoms with E-state index in [1.165, 1.54) is 11.1 Å². The summed E-state index contributed by atoms with van der Waals surface area (Å²) in [5, 5.41) is 5.31. The van der Waals surface area contributed by atoms with Gasteiger partial charge in [0, 0.05) is 34.9 Å². The Labute approximate surface area is 116 Å². The van der Waals surface area contributed by atoms with Gasteiger partial charge in [-0.15, -0.1) is 0 Å². The number of hydrogen-bond donors (Lipinski definition) is 1. The van der Waals surface area contributed by atoms with Crippen LogP contribution in [0, 0.1) is 0 Å². The molecule has 94 valence electrons. The van der Waals surface area contributed by atoms with E-state index >= 15 is 0 Å². The van der Waals surface area contributed by atoms with Crippen LogP contribution >= 0.6 is 27.5 Å². The Balaban J connectivity index is 2.05. The normalized spacial score (nSPS) is 15.5. The molecule has 2 rings (SSSR count). The van der Waals surface area contributed by atoms with E-state index in [9.17, 15) is 0 Å². The van der Waals surface area contributed by atoms with Gasteiger partial charge in [-0.25, -0.2) is 0 Å². The molecule has 0 aromatic heterocycles. The van der Waals surface area contributed by atoms with E-state index in [1.54, 1.807) is 0 Å². The molecular weight excluding hydrogens is 302 g/mol. The summed E-state index contributed by atoms with van der Waals surface area (Å²) in [6.07, 6.45) is 2.09. The van der Waals surface area contributed by atoms with Crippen LogP contribution in [-0.4, -0.2) is 18.0 Å². The lowest BCUT2D eigenvalue weighted by Crippen LogP contribution is -2.25. The second-order valence-corrected chi connectivity index (χ2v) is 5.64. The number of rotatable bonds is 5. The molecule has 1 unspecified atom stereocenters. The van der Waals surface area contributed by atoms with Crippen molar-refractivity contribution in [2.24, 2.45) is 0 Å². The van der Waals surface area contributed by atoms with Crippen molar-refractivity contribution in [1.29, 1.82) is 0 Å². The van der Waals surface area contributed by atoms with Crippen molar-refractivity contribution in [1.82, 2.24) is 5.32 Å². The molecule has 1 atom stereocenters. The second kappa shape index (κ2) is 6.07. The van der Waals surface area contributed by atoms with E-state index in [0.717, 1.165) is 42.1 Å². The van der Waals surface area contributed by atoms with E-state index in [4.69, 9.17) is 16.3 Å². The Bertz CT molecular complexity index is 397. The largest absolute Gasteiger partial charge is 0.493 e. The third-order valence-electron chi connectivity index (χ3n) is 3.01. The molecular formula is C13H17BrClNO. The van der Waals surface area contributed by atoms with Crippen LogP contribution in [0.1, 0.15) is 24.5 Å². The van der Waals surface area contributed by atoms with E-state index in [0.29, 0.717) is 6.04 Å². The lowest BCUT2D eigenvalue weighted by atomic mass is 10.1. The Morgan fingerprint density at radius 1 is 1.53 bits per heavy atom. The molecule has 2 nitrogen and oxygen atoms in total. The first-order valence-electron chi connectivity index (χ1n) is 5.94. The molecule has 0 aliphatic carbocycles. The van der Waals surface area contributed by atoms with Crippen molar-refractivity contribution in [3.63, 3.8) is 0 Å². The summed E-state index contributed by atoms with van der Waals surface area (Å²) in [5.41, 5.74) is 2.41. The SMILES string of the molecule is CC(CCBr)NCc1cc(Cl)cc2c1OCC2. The van der Waals surface area contributed by atoms with E-state index in [1.807, 2.05) is 12.1 Å². The summed E-state index contributed by atoms with van der Waals surface area (Å²) in [6.45, 7) is 3.78. The minimum absolute atomic E-state index is 0.491. The van der Waals surface area contributed by atoms with Crippen molar-refractivity contribution < 1.29 is 4.74 Å². The van der Waals surface area contributed by atoms with Crippen molar-refractivity contribution >= 4 is 27.5 Å². The smallest absolute Gasteiger partial charge is 0.127 e. The zero-order chi connectivity index (χ0) is 12.3. The molecule has 1 N–H and O–H groups in total. The summed E-state index contributed by atoms with van der Waals surface area (Å²) in [7, 11) is 0. The van der Waals surface area contributed by atoms with Crippen molar-refractivity contribution in [3.8, 4) is 5.75 Å². The van der Waals surface area contributed by atoms with Crippen LogP contribution in [-0.2, 0) is 13.0 Å². The predicted octanol–water partition coefficient (Wildman–Crippen LogP) is 3.54. The number of ether oxygens (including phenoxy) is 1. The number of benzene rings is 1. The lowest BCUT2D eigenvalue weighted by Gasteiger charge is -2.14. The van der Waals surface area contributed by atoms with E-state index in [-0.39, 0.29) is 0 Å². The Kier molecular flexibility index (Phi) is 4.71. The zero-order valence-electron chi connectivity index (χ0n) is 9.93. The van der Waals surface area contributed by atoms with Crippen molar-refractivity contribution in [2.75, 3.05) is 11.9 Å². The van der Waals surface area contributed by atoms with Gasteiger partial charge in [0.1, 0.15) is 5.75 Å². The van der Waals surface area contributed by atoms with Gasteiger partial charge < -0.3 is 10.1 Å². The average Bonchev–Trinajstić information content (AvgIpc) is 2.74. The summed E-state index contributed by atoms with van der Waals surface area (Å²) in [5.74, 6) is 1.04. The topological polar surface area (TPSA) is 21.3 Å². The molecule has 0 amide bonds. The fourth-order valence-electron chi connectivity index (χ4n) is 2.03. The highest BCUT2D eigenvalue weighted by Gasteiger charge is 2.17. The highest BCUT2D eigenvalue weighted by Crippen LogP contribution is 2.32. The first-order valence-corrected chi connectivity index (χ1v) is 7.44. The van der Waals surface area contributed by atoms with E-state index < -0.39 is 0 Å².